The van der Waals surface area contributed by atoms with Gasteiger partial charge >= 0.3 is 0 Å². The van der Waals surface area contributed by atoms with Gasteiger partial charge in [0.25, 0.3) is 0 Å². The summed E-state index contributed by atoms with van der Waals surface area (Å²) >= 11 is 5.64. The van der Waals surface area contributed by atoms with E-state index in [9.17, 15) is 14.0 Å². The average molecular weight is 365 g/mol. The number of halogens is 2. The summed E-state index contributed by atoms with van der Waals surface area (Å²) in [6.07, 6.45) is 0.155. The molecule has 0 aliphatic rings. The summed E-state index contributed by atoms with van der Waals surface area (Å²) in [6, 6.07) is 11.0. The minimum absolute atomic E-state index is 0.0858. The summed E-state index contributed by atoms with van der Waals surface area (Å²) in [7, 11) is 0. The Labute approximate surface area is 150 Å². The molecule has 5 nitrogen and oxygen atoms in total. The second-order valence-corrected chi connectivity index (χ2v) is 5.61. The van der Waals surface area contributed by atoms with Crippen LogP contribution in [0, 0.1) is 5.82 Å². The number of ether oxygens (including phenoxy) is 1. The molecule has 0 fully saturated rings. The van der Waals surface area contributed by atoms with Gasteiger partial charge in [0.15, 0.2) is 0 Å². The Morgan fingerprint density at radius 1 is 1.12 bits per heavy atom. The van der Waals surface area contributed by atoms with Gasteiger partial charge < -0.3 is 15.4 Å². The molecular formula is C18H18ClFN2O3. The van der Waals surface area contributed by atoms with E-state index in [1.807, 2.05) is 6.92 Å². The molecular weight excluding hydrogens is 347 g/mol. The van der Waals surface area contributed by atoms with Gasteiger partial charge in [0.1, 0.15) is 11.6 Å². The highest BCUT2D eigenvalue weighted by Gasteiger charge is 2.08. The predicted octanol–water partition coefficient (Wildman–Crippen LogP) is 3.18. The molecule has 2 aromatic carbocycles. The molecule has 0 heterocycles. The molecule has 0 aromatic heterocycles. The van der Waals surface area contributed by atoms with E-state index in [-0.39, 0.29) is 23.9 Å². The molecule has 0 aliphatic carbocycles. The van der Waals surface area contributed by atoms with Crippen molar-refractivity contribution in [1.82, 2.24) is 5.32 Å². The quantitative estimate of drug-likeness (QED) is 0.793. The Morgan fingerprint density at radius 3 is 2.48 bits per heavy atom. The molecule has 0 spiro atoms. The van der Waals surface area contributed by atoms with Crippen LogP contribution in [0.15, 0.2) is 42.5 Å². The van der Waals surface area contributed by atoms with Crippen molar-refractivity contribution in [3.63, 3.8) is 0 Å². The summed E-state index contributed by atoms with van der Waals surface area (Å²) in [4.78, 5) is 23.7. The van der Waals surface area contributed by atoms with Crippen molar-refractivity contribution in [3.05, 3.63) is 58.9 Å². The lowest BCUT2D eigenvalue weighted by Crippen LogP contribution is -2.33. The molecule has 2 rings (SSSR count). The Hall–Kier alpha value is -2.60. The van der Waals surface area contributed by atoms with Crippen LogP contribution < -0.4 is 15.4 Å². The van der Waals surface area contributed by atoms with Crippen molar-refractivity contribution in [1.29, 1.82) is 0 Å². The zero-order valence-electron chi connectivity index (χ0n) is 13.6. The van der Waals surface area contributed by atoms with Crippen molar-refractivity contribution in [2.45, 2.75) is 13.3 Å². The fourth-order valence-corrected chi connectivity index (χ4v) is 2.26. The zero-order chi connectivity index (χ0) is 18.2. The molecule has 132 valence electrons. The number of carbonyl (C=O) groups is 2. The van der Waals surface area contributed by atoms with E-state index in [2.05, 4.69) is 10.6 Å². The number of anilines is 1. The van der Waals surface area contributed by atoms with Gasteiger partial charge in [-0.1, -0.05) is 23.7 Å². The third-order valence-corrected chi connectivity index (χ3v) is 3.54. The molecule has 7 heteroatoms. The van der Waals surface area contributed by atoms with Crippen molar-refractivity contribution in [2.24, 2.45) is 0 Å². The maximum atomic E-state index is 13.1. The zero-order valence-corrected chi connectivity index (χ0v) is 14.4. The highest BCUT2D eigenvalue weighted by molar-refractivity contribution is 6.31. The number of hydrogen-bond donors (Lipinski definition) is 2. The maximum absolute atomic E-state index is 13.1. The van der Waals surface area contributed by atoms with Crippen LogP contribution in [-0.2, 0) is 16.0 Å². The Bertz CT molecular complexity index is 750. The van der Waals surface area contributed by atoms with Crippen LogP contribution in [0.3, 0.4) is 0 Å². The van der Waals surface area contributed by atoms with Crippen LogP contribution in [0.4, 0.5) is 10.1 Å². The number of carbonyl (C=O) groups excluding carboxylic acids is 2. The van der Waals surface area contributed by atoms with Crippen molar-refractivity contribution in [2.75, 3.05) is 18.5 Å². The van der Waals surface area contributed by atoms with Crippen LogP contribution in [0.1, 0.15) is 12.5 Å². The summed E-state index contributed by atoms with van der Waals surface area (Å²) < 4.78 is 18.4. The summed E-state index contributed by atoms with van der Waals surface area (Å²) in [5.41, 5.74) is 1.17. The van der Waals surface area contributed by atoms with Gasteiger partial charge in [0.05, 0.1) is 24.6 Å². The fourth-order valence-electron chi connectivity index (χ4n) is 2.08. The molecule has 2 amide bonds. The van der Waals surface area contributed by atoms with Gasteiger partial charge in [-0.15, -0.1) is 0 Å². The van der Waals surface area contributed by atoms with E-state index in [0.29, 0.717) is 12.3 Å². The lowest BCUT2D eigenvalue weighted by Gasteiger charge is -2.08. The Balaban J connectivity index is 1.78. The van der Waals surface area contributed by atoms with E-state index in [4.69, 9.17) is 16.3 Å². The fraction of sp³-hybridized carbons (Fsp3) is 0.222. The highest BCUT2D eigenvalue weighted by atomic mass is 35.5. The molecule has 0 saturated carbocycles. The van der Waals surface area contributed by atoms with Crippen LogP contribution in [0.5, 0.6) is 5.75 Å². The van der Waals surface area contributed by atoms with Crippen LogP contribution in [-0.4, -0.2) is 25.0 Å². The SMILES string of the molecule is CCOc1ccc(CC(=O)NCC(=O)Nc2ccc(F)c(Cl)c2)cc1. The van der Waals surface area contributed by atoms with Crippen molar-refractivity contribution >= 4 is 29.1 Å². The molecule has 2 N–H and O–H groups in total. The first-order valence-corrected chi connectivity index (χ1v) is 8.09. The number of nitrogens with one attached hydrogen (secondary N) is 2. The molecule has 2 aromatic rings. The average Bonchev–Trinajstić information content (AvgIpc) is 2.58. The van der Waals surface area contributed by atoms with E-state index in [1.54, 1.807) is 24.3 Å². The predicted molar refractivity (Wildman–Crippen MR) is 94.4 cm³/mol. The van der Waals surface area contributed by atoms with Gasteiger partial charge in [0, 0.05) is 5.69 Å². The minimum Gasteiger partial charge on any atom is -0.494 e. The van der Waals surface area contributed by atoms with Crippen LogP contribution >= 0.6 is 11.6 Å². The van der Waals surface area contributed by atoms with Crippen LogP contribution in [0.2, 0.25) is 5.02 Å². The van der Waals surface area contributed by atoms with E-state index in [0.717, 1.165) is 17.4 Å². The van der Waals surface area contributed by atoms with Gasteiger partial charge in [-0.3, -0.25) is 9.59 Å². The first-order chi connectivity index (χ1) is 12.0. The molecule has 0 radical (unpaired) electrons. The highest BCUT2D eigenvalue weighted by Crippen LogP contribution is 2.19. The third kappa shape index (κ3) is 6.08. The number of amides is 2. The van der Waals surface area contributed by atoms with E-state index in [1.165, 1.54) is 12.1 Å². The first-order valence-electron chi connectivity index (χ1n) is 7.71. The Morgan fingerprint density at radius 2 is 1.84 bits per heavy atom. The van der Waals surface area contributed by atoms with Crippen LogP contribution in [0.25, 0.3) is 0 Å². The molecule has 0 saturated heterocycles. The number of rotatable bonds is 7. The van der Waals surface area contributed by atoms with Gasteiger partial charge in [-0.2, -0.15) is 0 Å². The lowest BCUT2D eigenvalue weighted by molar-refractivity contribution is -0.123. The summed E-state index contributed by atoms with van der Waals surface area (Å²) in [6.45, 7) is 2.28. The molecule has 0 aliphatic heterocycles. The summed E-state index contributed by atoms with van der Waals surface area (Å²) in [5, 5.41) is 4.97. The second-order valence-electron chi connectivity index (χ2n) is 5.21. The maximum Gasteiger partial charge on any atom is 0.243 e. The molecule has 0 atom stereocenters. The smallest absolute Gasteiger partial charge is 0.243 e. The third-order valence-electron chi connectivity index (χ3n) is 3.25. The first kappa shape index (κ1) is 18.7. The standard InChI is InChI=1S/C18H18ClFN2O3/c1-2-25-14-6-3-12(4-7-14)9-17(23)21-11-18(24)22-13-5-8-16(20)15(19)10-13/h3-8,10H,2,9,11H2,1H3,(H,21,23)(H,22,24). The molecule has 0 unspecified atom stereocenters. The number of hydrogen-bond acceptors (Lipinski definition) is 3. The summed E-state index contributed by atoms with van der Waals surface area (Å²) in [5.74, 6) is -0.536. The van der Waals surface area contributed by atoms with Crippen molar-refractivity contribution in [3.8, 4) is 5.75 Å². The van der Waals surface area contributed by atoms with Gasteiger partial charge in [-0.05, 0) is 42.8 Å². The van der Waals surface area contributed by atoms with Gasteiger partial charge in [0.2, 0.25) is 11.8 Å². The van der Waals surface area contributed by atoms with E-state index < -0.39 is 11.7 Å². The largest absolute Gasteiger partial charge is 0.494 e. The monoisotopic (exact) mass is 364 g/mol. The minimum atomic E-state index is -0.566. The number of benzene rings is 2. The van der Waals surface area contributed by atoms with Crippen molar-refractivity contribution < 1.29 is 18.7 Å². The van der Waals surface area contributed by atoms with E-state index >= 15 is 0 Å². The normalized spacial score (nSPS) is 10.2. The lowest BCUT2D eigenvalue weighted by atomic mass is 10.1. The van der Waals surface area contributed by atoms with Gasteiger partial charge in [-0.25, -0.2) is 4.39 Å². The molecule has 0 bridgehead atoms. The second kappa shape index (κ2) is 9.03. The Kier molecular flexibility index (Phi) is 6.77. The molecule has 25 heavy (non-hydrogen) atoms. The topological polar surface area (TPSA) is 67.4 Å².